The van der Waals surface area contributed by atoms with Crippen molar-refractivity contribution >= 4 is 11.0 Å². The topological polar surface area (TPSA) is 249 Å². The van der Waals surface area contributed by atoms with Crippen molar-refractivity contribution in [1.29, 1.82) is 0 Å². The second-order valence-corrected chi connectivity index (χ2v) is 10.5. The molecule has 15 nitrogen and oxygen atoms in total. The number of hydrogen-bond donors (Lipinski definition) is 9. The van der Waals surface area contributed by atoms with Crippen LogP contribution in [0.15, 0.2) is 39.5 Å². The number of rotatable bonds is 6. The molecule has 234 valence electrons. The van der Waals surface area contributed by atoms with Crippen molar-refractivity contribution in [3.63, 3.8) is 0 Å². The van der Waals surface area contributed by atoms with E-state index in [1.54, 1.807) is 6.92 Å². The van der Waals surface area contributed by atoms with Gasteiger partial charge < -0.3 is 69.3 Å². The summed E-state index contributed by atoms with van der Waals surface area (Å²) in [6.45, 7) is 3.12. The molecule has 3 heterocycles. The number of aliphatic hydroxyl groups excluding tert-OH is 5. The Morgan fingerprint density at radius 3 is 2.16 bits per heavy atom. The van der Waals surface area contributed by atoms with Gasteiger partial charge in [0.1, 0.15) is 59.1 Å². The monoisotopic (exact) mass is 608 g/mol. The molecule has 2 fully saturated rings. The lowest BCUT2D eigenvalue weighted by Crippen LogP contribution is -2.63. The third-order valence-electron chi connectivity index (χ3n) is 7.53. The van der Waals surface area contributed by atoms with Gasteiger partial charge in [-0.25, -0.2) is 0 Å². The number of phenols is 4. The molecule has 0 radical (unpaired) electrons. The van der Waals surface area contributed by atoms with E-state index in [0.717, 1.165) is 24.3 Å². The van der Waals surface area contributed by atoms with Crippen molar-refractivity contribution in [1.82, 2.24) is 0 Å². The van der Waals surface area contributed by atoms with Crippen molar-refractivity contribution in [2.45, 2.75) is 81.7 Å². The van der Waals surface area contributed by atoms with Crippen molar-refractivity contribution in [3.8, 4) is 40.1 Å². The predicted octanol–water partition coefficient (Wildman–Crippen LogP) is -0.269. The lowest BCUT2D eigenvalue weighted by atomic mass is 9.96. The molecule has 10 atom stereocenters. The lowest BCUT2D eigenvalue weighted by molar-refractivity contribution is -0.347. The zero-order chi connectivity index (χ0) is 31.3. The summed E-state index contributed by atoms with van der Waals surface area (Å²) in [7, 11) is 0. The standard InChI is InChI=1S/C28H32O15/c1-3-15-18(33)20(35)22(37)28(41-15)42-24-9(2)39-27(23(38)21(24)36)43-26-19(34)17-14(32)7-11(29)8-16(17)40-25(26)10-4-5-12(30)13(31)6-10/h4-9,15,18,20-24,27-33,35-38H,3H2,1-2H3. The van der Waals surface area contributed by atoms with Gasteiger partial charge in [0.15, 0.2) is 23.5 Å². The van der Waals surface area contributed by atoms with Gasteiger partial charge in [0, 0.05) is 17.7 Å². The summed E-state index contributed by atoms with van der Waals surface area (Å²) in [5, 5.41) is 92.3. The Morgan fingerprint density at radius 2 is 1.49 bits per heavy atom. The Hall–Kier alpha value is -3.67. The van der Waals surface area contributed by atoms with Crippen LogP contribution in [0.5, 0.6) is 28.7 Å². The lowest BCUT2D eigenvalue weighted by Gasteiger charge is -2.45. The number of hydrogen-bond acceptors (Lipinski definition) is 15. The average Bonchev–Trinajstić information content (AvgIpc) is 2.96. The molecule has 0 saturated carbocycles. The molecule has 2 aliphatic rings. The minimum atomic E-state index is -1.89. The van der Waals surface area contributed by atoms with Crippen LogP contribution in [-0.2, 0) is 14.2 Å². The molecule has 0 bridgehead atoms. The molecule has 2 aromatic carbocycles. The molecule has 2 saturated heterocycles. The van der Waals surface area contributed by atoms with Crippen LogP contribution >= 0.6 is 0 Å². The molecule has 5 rings (SSSR count). The molecule has 2 aliphatic heterocycles. The summed E-state index contributed by atoms with van der Waals surface area (Å²) in [5.41, 5.74) is -1.20. The summed E-state index contributed by atoms with van der Waals surface area (Å²) in [6.07, 6.45) is -14.6. The molecule has 0 spiro atoms. The molecule has 9 N–H and O–H groups in total. The van der Waals surface area contributed by atoms with Crippen LogP contribution in [-0.4, -0.2) is 107 Å². The van der Waals surface area contributed by atoms with E-state index in [4.69, 9.17) is 23.4 Å². The SMILES string of the molecule is CCC1OC(OC2C(C)OC(Oc3c(-c4ccc(O)c(O)c4)oc4cc(O)cc(O)c4c3=O)C(O)C2O)C(O)C(O)C1O. The van der Waals surface area contributed by atoms with E-state index in [0.29, 0.717) is 0 Å². The van der Waals surface area contributed by atoms with Gasteiger partial charge in [-0.1, -0.05) is 6.92 Å². The van der Waals surface area contributed by atoms with E-state index in [-0.39, 0.29) is 23.3 Å². The summed E-state index contributed by atoms with van der Waals surface area (Å²) in [6, 6.07) is 5.40. The van der Waals surface area contributed by atoms with Crippen molar-refractivity contribution in [2.75, 3.05) is 0 Å². The smallest absolute Gasteiger partial charge is 0.239 e. The van der Waals surface area contributed by atoms with Gasteiger partial charge in [0.2, 0.25) is 17.5 Å². The maximum Gasteiger partial charge on any atom is 0.239 e. The second kappa shape index (κ2) is 11.8. The summed E-state index contributed by atoms with van der Waals surface area (Å²) in [4.78, 5) is 13.6. The Balaban J connectivity index is 1.47. The van der Waals surface area contributed by atoms with Crippen LogP contribution in [0.3, 0.4) is 0 Å². The van der Waals surface area contributed by atoms with Crippen molar-refractivity contribution in [2.24, 2.45) is 0 Å². The molecule has 3 aromatic rings. The Morgan fingerprint density at radius 1 is 0.791 bits per heavy atom. The predicted molar refractivity (Wildman–Crippen MR) is 143 cm³/mol. The molecule has 10 unspecified atom stereocenters. The quantitative estimate of drug-likeness (QED) is 0.163. The molecular formula is C28H32O15. The van der Waals surface area contributed by atoms with Crippen molar-refractivity contribution in [3.05, 3.63) is 40.6 Å². The van der Waals surface area contributed by atoms with E-state index in [2.05, 4.69) is 0 Å². The molecule has 1 aromatic heterocycles. The highest BCUT2D eigenvalue weighted by molar-refractivity contribution is 5.88. The Labute approximate surface area is 242 Å². The number of benzene rings is 2. The zero-order valence-corrected chi connectivity index (χ0v) is 22.8. The molecule has 43 heavy (non-hydrogen) atoms. The molecule has 0 amide bonds. The molecule has 0 aliphatic carbocycles. The van der Waals surface area contributed by atoms with E-state index >= 15 is 0 Å². The van der Waals surface area contributed by atoms with Gasteiger partial charge in [-0.05, 0) is 31.5 Å². The van der Waals surface area contributed by atoms with Gasteiger partial charge in [-0.2, -0.15) is 0 Å². The van der Waals surface area contributed by atoms with Gasteiger partial charge in [0.05, 0.1) is 12.2 Å². The minimum absolute atomic E-state index is 0.0156. The van der Waals surface area contributed by atoms with Crippen LogP contribution in [0.4, 0.5) is 0 Å². The summed E-state index contributed by atoms with van der Waals surface area (Å²) >= 11 is 0. The first-order valence-corrected chi connectivity index (χ1v) is 13.4. The number of phenolic OH excluding ortho intramolecular Hbond substituents is 4. The highest BCUT2D eigenvalue weighted by atomic mass is 16.7. The van der Waals surface area contributed by atoms with Gasteiger partial charge in [-0.15, -0.1) is 0 Å². The highest BCUT2D eigenvalue weighted by Gasteiger charge is 2.50. The fourth-order valence-corrected chi connectivity index (χ4v) is 5.16. The van der Waals surface area contributed by atoms with Gasteiger partial charge >= 0.3 is 0 Å². The van der Waals surface area contributed by atoms with Crippen LogP contribution in [0.2, 0.25) is 0 Å². The fourth-order valence-electron chi connectivity index (χ4n) is 5.16. The summed E-state index contributed by atoms with van der Waals surface area (Å²) in [5.74, 6) is -3.07. The van der Waals surface area contributed by atoms with E-state index < -0.39 is 101 Å². The first kappa shape index (κ1) is 30.8. The van der Waals surface area contributed by atoms with Gasteiger partial charge in [0.25, 0.3) is 0 Å². The first-order valence-electron chi connectivity index (χ1n) is 13.4. The van der Waals surface area contributed by atoms with Gasteiger partial charge in [-0.3, -0.25) is 4.79 Å². The number of aromatic hydroxyl groups is 4. The zero-order valence-electron chi connectivity index (χ0n) is 22.8. The normalized spacial score (nSPS) is 33.0. The second-order valence-electron chi connectivity index (χ2n) is 10.5. The highest BCUT2D eigenvalue weighted by Crippen LogP contribution is 2.39. The largest absolute Gasteiger partial charge is 0.508 e. The molecular weight excluding hydrogens is 576 g/mol. The third kappa shape index (κ3) is 5.57. The Bertz CT molecular complexity index is 1540. The van der Waals surface area contributed by atoms with Crippen LogP contribution in [0, 0.1) is 0 Å². The fraction of sp³-hybridized carbons (Fsp3) is 0.464. The number of ether oxygens (including phenoxy) is 4. The van der Waals surface area contributed by atoms with E-state index in [1.807, 2.05) is 0 Å². The molecule has 15 heteroatoms. The van der Waals surface area contributed by atoms with E-state index in [9.17, 15) is 50.8 Å². The summed E-state index contributed by atoms with van der Waals surface area (Å²) < 4.78 is 28.5. The van der Waals surface area contributed by atoms with Crippen LogP contribution in [0.25, 0.3) is 22.3 Å². The first-order chi connectivity index (χ1) is 20.3. The Kier molecular flexibility index (Phi) is 8.43. The number of aliphatic hydroxyl groups is 5. The van der Waals surface area contributed by atoms with Crippen LogP contribution in [0.1, 0.15) is 20.3 Å². The number of fused-ring (bicyclic) bond motifs is 1. The van der Waals surface area contributed by atoms with Crippen LogP contribution < -0.4 is 10.2 Å². The maximum atomic E-state index is 13.6. The van der Waals surface area contributed by atoms with E-state index in [1.165, 1.54) is 13.0 Å². The minimum Gasteiger partial charge on any atom is -0.508 e. The third-order valence-corrected chi connectivity index (χ3v) is 7.53. The van der Waals surface area contributed by atoms with Crippen molar-refractivity contribution < 1.29 is 69.3 Å². The maximum absolute atomic E-state index is 13.6. The average molecular weight is 609 g/mol.